The standard InChI is InChI=1S/C19H20ClNO.ClH/c20-18(22)19(17-9-5-2-6-10-17)11-13-21(14-12-19)15-16-7-3-1-4-8-16;/h1-10H,11-15H2;1H. The van der Waals surface area contributed by atoms with Crippen molar-refractivity contribution in [2.24, 2.45) is 0 Å². The minimum Gasteiger partial charge on any atom is -0.299 e. The van der Waals surface area contributed by atoms with Crippen molar-refractivity contribution in [2.45, 2.75) is 24.8 Å². The maximum Gasteiger partial charge on any atom is 0.232 e. The van der Waals surface area contributed by atoms with Gasteiger partial charge in [-0.2, -0.15) is 0 Å². The van der Waals surface area contributed by atoms with E-state index in [1.165, 1.54) is 5.56 Å². The topological polar surface area (TPSA) is 20.3 Å². The lowest BCUT2D eigenvalue weighted by Crippen LogP contribution is -2.45. The molecule has 2 aromatic carbocycles. The van der Waals surface area contributed by atoms with Gasteiger partial charge in [0.15, 0.2) is 0 Å². The van der Waals surface area contributed by atoms with Crippen LogP contribution in [0.4, 0.5) is 0 Å². The quantitative estimate of drug-likeness (QED) is 0.762. The highest BCUT2D eigenvalue weighted by Crippen LogP contribution is 2.37. The van der Waals surface area contributed by atoms with Crippen molar-refractivity contribution in [1.29, 1.82) is 0 Å². The van der Waals surface area contributed by atoms with Gasteiger partial charge in [0, 0.05) is 6.54 Å². The predicted octanol–water partition coefficient (Wildman–Crippen LogP) is 4.41. The Morgan fingerprint density at radius 2 is 1.48 bits per heavy atom. The first-order chi connectivity index (χ1) is 10.7. The number of carbonyl (C=O) groups is 1. The summed E-state index contributed by atoms with van der Waals surface area (Å²) in [5.41, 5.74) is 1.84. The number of halogens is 2. The van der Waals surface area contributed by atoms with E-state index < -0.39 is 5.41 Å². The van der Waals surface area contributed by atoms with Crippen molar-refractivity contribution >= 4 is 29.3 Å². The van der Waals surface area contributed by atoms with Gasteiger partial charge in [0.1, 0.15) is 0 Å². The molecule has 0 N–H and O–H groups in total. The summed E-state index contributed by atoms with van der Waals surface area (Å²) < 4.78 is 0. The van der Waals surface area contributed by atoms with Gasteiger partial charge in [-0.15, -0.1) is 12.4 Å². The van der Waals surface area contributed by atoms with Crippen molar-refractivity contribution < 1.29 is 4.79 Å². The number of piperidine rings is 1. The fraction of sp³-hybridized carbons (Fsp3) is 0.316. The van der Waals surface area contributed by atoms with E-state index in [-0.39, 0.29) is 17.6 Å². The molecule has 0 aromatic heterocycles. The van der Waals surface area contributed by atoms with Gasteiger partial charge in [-0.25, -0.2) is 0 Å². The van der Waals surface area contributed by atoms with E-state index in [0.717, 1.165) is 38.0 Å². The van der Waals surface area contributed by atoms with Crippen LogP contribution < -0.4 is 0 Å². The van der Waals surface area contributed by atoms with Gasteiger partial charge in [-0.1, -0.05) is 60.7 Å². The van der Waals surface area contributed by atoms with E-state index in [2.05, 4.69) is 29.2 Å². The lowest BCUT2D eigenvalue weighted by atomic mass is 9.74. The fourth-order valence-corrected chi connectivity index (χ4v) is 3.59. The molecule has 0 saturated carbocycles. The highest BCUT2D eigenvalue weighted by Gasteiger charge is 2.41. The van der Waals surface area contributed by atoms with Crippen LogP contribution in [0.15, 0.2) is 60.7 Å². The molecule has 3 rings (SSSR count). The van der Waals surface area contributed by atoms with Crippen LogP contribution in [0.1, 0.15) is 24.0 Å². The molecule has 0 radical (unpaired) electrons. The molecule has 1 aliphatic heterocycles. The smallest absolute Gasteiger partial charge is 0.232 e. The Hall–Kier alpha value is -1.35. The second-order valence-electron chi connectivity index (χ2n) is 5.98. The SMILES string of the molecule is Cl.O=C(Cl)C1(c2ccccc2)CCN(Cc2ccccc2)CC1. The zero-order valence-corrected chi connectivity index (χ0v) is 14.5. The molecule has 1 fully saturated rings. The van der Waals surface area contributed by atoms with Gasteiger partial charge in [0.25, 0.3) is 0 Å². The molecular formula is C19H21Cl2NO. The molecule has 1 aliphatic rings. The summed E-state index contributed by atoms with van der Waals surface area (Å²) in [5.74, 6) is 0. The maximum atomic E-state index is 12.1. The number of hydrogen-bond donors (Lipinski definition) is 0. The summed E-state index contributed by atoms with van der Waals surface area (Å²) in [6.45, 7) is 2.71. The molecule has 122 valence electrons. The van der Waals surface area contributed by atoms with Gasteiger partial charge < -0.3 is 0 Å². The number of carbonyl (C=O) groups excluding carboxylic acids is 1. The van der Waals surface area contributed by atoms with Crippen molar-refractivity contribution in [3.8, 4) is 0 Å². The van der Waals surface area contributed by atoms with Crippen LogP contribution in [0.5, 0.6) is 0 Å². The number of hydrogen-bond acceptors (Lipinski definition) is 2. The van der Waals surface area contributed by atoms with Crippen LogP contribution in [0.3, 0.4) is 0 Å². The van der Waals surface area contributed by atoms with Crippen LogP contribution >= 0.6 is 24.0 Å². The van der Waals surface area contributed by atoms with Gasteiger partial charge in [-0.3, -0.25) is 9.69 Å². The van der Waals surface area contributed by atoms with E-state index in [9.17, 15) is 4.79 Å². The Morgan fingerprint density at radius 3 is 2.00 bits per heavy atom. The Labute approximate surface area is 148 Å². The zero-order valence-electron chi connectivity index (χ0n) is 13.0. The van der Waals surface area contributed by atoms with Crippen molar-refractivity contribution in [3.05, 3.63) is 71.8 Å². The third-order valence-corrected chi connectivity index (χ3v) is 5.02. The first kappa shape index (κ1) is 18.0. The molecule has 0 amide bonds. The molecule has 2 aromatic rings. The second kappa shape index (κ2) is 7.96. The Kier molecular flexibility index (Phi) is 6.23. The number of likely N-dealkylation sites (tertiary alicyclic amines) is 1. The zero-order chi connectivity index (χ0) is 15.4. The Morgan fingerprint density at radius 1 is 0.957 bits per heavy atom. The normalized spacial score (nSPS) is 17.3. The molecule has 0 aliphatic carbocycles. The average molecular weight is 350 g/mol. The lowest BCUT2D eigenvalue weighted by Gasteiger charge is -2.39. The average Bonchev–Trinajstić information content (AvgIpc) is 2.57. The third-order valence-electron chi connectivity index (χ3n) is 4.66. The monoisotopic (exact) mass is 349 g/mol. The summed E-state index contributed by atoms with van der Waals surface area (Å²) in [4.78, 5) is 14.5. The third kappa shape index (κ3) is 3.95. The van der Waals surface area contributed by atoms with Gasteiger partial charge >= 0.3 is 0 Å². The molecular weight excluding hydrogens is 329 g/mol. The van der Waals surface area contributed by atoms with Crippen LogP contribution in [0.2, 0.25) is 0 Å². The van der Waals surface area contributed by atoms with Gasteiger partial charge in [0.05, 0.1) is 5.41 Å². The number of nitrogens with zero attached hydrogens (tertiary/aromatic N) is 1. The number of rotatable bonds is 4. The highest BCUT2D eigenvalue weighted by molar-refractivity contribution is 6.65. The lowest BCUT2D eigenvalue weighted by molar-refractivity contribution is -0.118. The molecule has 23 heavy (non-hydrogen) atoms. The first-order valence-corrected chi connectivity index (χ1v) is 8.10. The molecule has 0 spiro atoms. The van der Waals surface area contributed by atoms with Crippen LogP contribution in [-0.2, 0) is 16.8 Å². The van der Waals surface area contributed by atoms with Crippen molar-refractivity contribution in [1.82, 2.24) is 4.90 Å². The summed E-state index contributed by atoms with van der Waals surface area (Å²) in [5, 5.41) is -0.224. The minimum absolute atomic E-state index is 0. The van der Waals surface area contributed by atoms with Crippen molar-refractivity contribution in [3.63, 3.8) is 0 Å². The summed E-state index contributed by atoms with van der Waals surface area (Å²) in [6, 6.07) is 20.4. The van der Waals surface area contributed by atoms with E-state index in [4.69, 9.17) is 11.6 Å². The molecule has 0 atom stereocenters. The molecule has 4 heteroatoms. The summed E-state index contributed by atoms with van der Waals surface area (Å²) in [7, 11) is 0. The van der Waals surface area contributed by atoms with E-state index in [1.807, 2.05) is 36.4 Å². The molecule has 0 bridgehead atoms. The summed E-state index contributed by atoms with van der Waals surface area (Å²) >= 11 is 6.00. The number of benzene rings is 2. The first-order valence-electron chi connectivity index (χ1n) is 7.72. The van der Waals surface area contributed by atoms with E-state index in [1.54, 1.807) is 0 Å². The Balaban J connectivity index is 0.00000192. The molecule has 1 heterocycles. The summed E-state index contributed by atoms with van der Waals surface area (Å²) in [6.07, 6.45) is 1.57. The minimum atomic E-state index is -0.518. The fourth-order valence-electron chi connectivity index (χ4n) is 3.29. The van der Waals surface area contributed by atoms with Crippen LogP contribution in [0, 0.1) is 0 Å². The van der Waals surface area contributed by atoms with Gasteiger partial charge in [0.2, 0.25) is 5.24 Å². The Bertz CT molecular complexity index is 622. The maximum absolute atomic E-state index is 12.1. The largest absolute Gasteiger partial charge is 0.299 e. The second-order valence-corrected chi connectivity index (χ2v) is 6.33. The van der Waals surface area contributed by atoms with Crippen LogP contribution in [-0.4, -0.2) is 23.2 Å². The van der Waals surface area contributed by atoms with E-state index in [0.29, 0.717) is 0 Å². The molecule has 2 nitrogen and oxygen atoms in total. The van der Waals surface area contributed by atoms with Crippen molar-refractivity contribution in [2.75, 3.05) is 13.1 Å². The predicted molar refractivity (Wildman–Crippen MR) is 97.2 cm³/mol. The highest BCUT2D eigenvalue weighted by atomic mass is 35.5. The van der Waals surface area contributed by atoms with E-state index >= 15 is 0 Å². The van der Waals surface area contributed by atoms with Crippen LogP contribution in [0.25, 0.3) is 0 Å². The molecule has 1 saturated heterocycles. The van der Waals surface area contributed by atoms with Gasteiger partial charge in [-0.05, 0) is 48.7 Å². The molecule has 0 unspecified atom stereocenters.